The quantitative estimate of drug-likeness (QED) is 0.674. The number of hydrogen-bond donors (Lipinski definition) is 0. The molecule has 0 aromatic carbocycles. The van der Waals surface area contributed by atoms with E-state index < -0.39 is 9.84 Å². The molecule has 1 saturated carbocycles. The van der Waals surface area contributed by atoms with Gasteiger partial charge in [-0.3, -0.25) is 0 Å². The number of nitrogens with zero attached hydrogens (tertiary/aromatic N) is 1. The highest BCUT2D eigenvalue weighted by Gasteiger charge is 2.26. The summed E-state index contributed by atoms with van der Waals surface area (Å²) in [5.74, 6) is 0.200. The Kier molecular flexibility index (Phi) is 4.40. The highest BCUT2D eigenvalue weighted by Crippen LogP contribution is 2.24. The highest BCUT2D eigenvalue weighted by molar-refractivity contribution is 7.92. The van der Waals surface area contributed by atoms with Crippen molar-refractivity contribution in [3.8, 4) is 6.07 Å². The predicted octanol–water partition coefficient (Wildman–Crippen LogP) is 2.04. The van der Waals surface area contributed by atoms with Gasteiger partial charge in [-0.1, -0.05) is 19.3 Å². The average Bonchev–Trinajstić information content (AvgIpc) is 2.19. The normalized spacial score (nSPS) is 19.1. The summed E-state index contributed by atoms with van der Waals surface area (Å²) >= 11 is 0. The molecule has 0 bridgehead atoms. The van der Waals surface area contributed by atoms with Crippen molar-refractivity contribution in [1.29, 1.82) is 5.26 Å². The Hall–Kier alpha value is -0.560. The van der Waals surface area contributed by atoms with Crippen LogP contribution in [0.5, 0.6) is 0 Å². The zero-order valence-electron chi connectivity index (χ0n) is 8.41. The SMILES string of the molecule is N#CCCCS(=O)(=O)C1CCCCC1. The smallest absolute Gasteiger partial charge is 0.153 e. The molecule has 0 aromatic rings. The van der Waals surface area contributed by atoms with Crippen molar-refractivity contribution in [3.05, 3.63) is 0 Å². The van der Waals surface area contributed by atoms with Gasteiger partial charge in [-0.25, -0.2) is 8.42 Å². The van der Waals surface area contributed by atoms with Crippen molar-refractivity contribution in [3.63, 3.8) is 0 Å². The van der Waals surface area contributed by atoms with Gasteiger partial charge in [-0.05, 0) is 19.3 Å². The first kappa shape index (κ1) is 11.5. The lowest BCUT2D eigenvalue weighted by molar-refractivity contribution is 0.483. The van der Waals surface area contributed by atoms with E-state index in [1.807, 2.05) is 6.07 Å². The van der Waals surface area contributed by atoms with Gasteiger partial charge in [0.25, 0.3) is 0 Å². The average molecular weight is 215 g/mol. The first-order valence-corrected chi connectivity index (χ1v) is 6.97. The van der Waals surface area contributed by atoms with E-state index in [9.17, 15) is 8.42 Å². The van der Waals surface area contributed by atoms with Gasteiger partial charge in [-0.15, -0.1) is 0 Å². The summed E-state index contributed by atoms with van der Waals surface area (Å²) in [6.07, 6.45) is 5.76. The number of sulfone groups is 1. The van der Waals surface area contributed by atoms with Crippen LogP contribution in [-0.4, -0.2) is 19.4 Å². The van der Waals surface area contributed by atoms with Crippen molar-refractivity contribution in [2.75, 3.05) is 5.75 Å². The van der Waals surface area contributed by atoms with Gasteiger partial charge in [0.05, 0.1) is 17.1 Å². The summed E-state index contributed by atoms with van der Waals surface area (Å²) in [5, 5.41) is 8.21. The zero-order valence-corrected chi connectivity index (χ0v) is 9.22. The standard InChI is InChI=1S/C10H17NO2S/c11-8-4-5-9-14(12,13)10-6-2-1-3-7-10/h10H,1-7,9H2. The molecule has 0 N–H and O–H groups in total. The molecule has 0 aliphatic heterocycles. The van der Waals surface area contributed by atoms with E-state index in [1.54, 1.807) is 0 Å². The lowest BCUT2D eigenvalue weighted by Gasteiger charge is -2.21. The molecule has 1 fully saturated rings. The third-order valence-electron chi connectivity index (χ3n) is 2.78. The number of hydrogen-bond acceptors (Lipinski definition) is 3. The second-order valence-electron chi connectivity index (χ2n) is 3.89. The molecular formula is C10H17NO2S. The largest absolute Gasteiger partial charge is 0.229 e. The fourth-order valence-corrected chi connectivity index (χ4v) is 3.87. The molecule has 1 aliphatic rings. The van der Waals surface area contributed by atoms with Gasteiger partial charge in [0.2, 0.25) is 0 Å². The van der Waals surface area contributed by atoms with Crippen molar-refractivity contribution >= 4 is 9.84 Å². The summed E-state index contributed by atoms with van der Waals surface area (Å²) in [6.45, 7) is 0. The lowest BCUT2D eigenvalue weighted by atomic mass is 10.0. The fourth-order valence-electron chi connectivity index (χ4n) is 1.94. The maximum atomic E-state index is 11.8. The molecule has 1 aliphatic carbocycles. The van der Waals surface area contributed by atoms with Gasteiger partial charge < -0.3 is 0 Å². The predicted molar refractivity (Wildman–Crippen MR) is 55.5 cm³/mol. The van der Waals surface area contributed by atoms with E-state index in [-0.39, 0.29) is 11.0 Å². The van der Waals surface area contributed by atoms with Crippen LogP contribution in [0, 0.1) is 11.3 Å². The Bertz CT molecular complexity index is 297. The molecule has 0 aromatic heterocycles. The van der Waals surface area contributed by atoms with E-state index in [0.717, 1.165) is 25.7 Å². The molecule has 4 heteroatoms. The summed E-state index contributed by atoms with van der Waals surface area (Å²) in [4.78, 5) is 0. The Morgan fingerprint density at radius 2 is 1.86 bits per heavy atom. The van der Waals surface area contributed by atoms with Gasteiger partial charge in [-0.2, -0.15) is 5.26 Å². The molecule has 0 amide bonds. The number of unbranched alkanes of at least 4 members (excludes halogenated alkanes) is 1. The van der Waals surface area contributed by atoms with Crippen LogP contribution in [0.4, 0.5) is 0 Å². The first-order chi connectivity index (χ1) is 6.67. The molecule has 0 saturated heterocycles. The van der Waals surface area contributed by atoms with Crippen LogP contribution in [0.15, 0.2) is 0 Å². The molecule has 0 radical (unpaired) electrons. The summed E-state index contributed by atoms with van der Waals surface area (Å²) < 4.78 is 23.5. The van der Waals surface area contributed by atoms with Crippen molar-refractivity contribution in [1.82, 2.24) is 0 Å². The minimum Gasteiger partial charge on any atom is -0.229 e. The van der Waals surface area contributed by atoms with Crippen LogP contribution < -0.4 is 0 Å². The Labute approximate surface area is 86.0 Å². The maximum Gasteiger partial charge on any atom is 0.153 e. The van der Waals surface area contributed by atoms with E-state index in [4.69, 9.17) is 5.26 Å². The van der Waals surface area contributed by atoms with Crippen LogP contribution in [0.25, 0.3) is 0 Å². The Balaban J connectivity index is 2.43. The van der Waals surface area contributed by atoms with Crippen LogP contribution in [0.1, 0.15) is 44.9 Å². The monoisotopic (exact) mass is 215 g/mol. The van der Waals surface area contributed by atoms with Crippen LogP contribution >= 0.6 is 0 Å². The lowest BCUT2D eigenvalue weighted by Crippen LogP contribution is -2.26. The van der Waals surface area contributed by atoms with Gasteiger partial charge >= 0.3 is 0 Å². The highest BCUT2D eigenvalue weighted by atomic mass is 32.2. The van der Waals surface area contributed by atoms with Crippen LogP contribution in [0.3, 0.4) is 0 Å². The number of rotatable bonds is 4. The Morgan fingerprint density at radius 1 is 1.21 bits per heavy atom. The van der Waals surface area contributed by atoms with Crippen molar-refractivity contribution < 1.29 is 8.42 Å². The fraction of sp³-hybridized carbons (Fsp3) is 0.900. The summed E-state index contributed by atoms with van der Waals surface area (Å²) in [6, 6.07) is 1.98. The summed E-state index contributed by atoms with van der Waals surface area (Å²) in [7, 11) is -2.91. The van der Waals surface area contributed by atoms with Crippen LogP contribution in [0.2, 0.25) is 0 Å². The molecule has 0 unspecified atom stereocenters. The first-order valence-electron chi connectivity index (χ1n) is 5.25. The van der Waals surface area contributed by atoms with Crippen molar-refractivity contribution in [2.45, 2.75) is 50.2 Å². The van der Waals surface area contributed by atoms with E-state index >= 15 is 0 Å². The molecule has 0 atom stereocenters. The third-order valence-corrected chi connectivity index (χ3v) is 5.12. The Morgan fingerprint density at radius 3 is 2.43 bits per heavy atom. The van der Waals surface area contributed by atoms with Gasteiger partial charge in [0.1, 0.15) is 0 Å². The minimum atomic E-state index is -2.91. The topological polar surface area (TPSA) is 57.9 Å². The zero-order chi connectivity index (χ0) is 10.4. The van der Waals surface area contributed by atoms with Gasteiger partial charge in [0, 0.05) is 6.42 Å². The van der Waals surface area contributed by atoms with Crippen LogP contribution in [-0.2, 0) is 9.84 Å². The molecular weight excluding hydrogens is 198 g/mol. The molecule has 3 nitrogen and oxygen atoms in total. The second-order valence-corrected chi connectivity index (χ2v) is 6.29. The van der Waals surface area contributed by atoms with E-state index in [0.29, 0.717) is 12.8 Å². The van der Waals surface area contributed by atoms with Crippen molar-refractivity contribution in [2.24, 2.45) is 0 Å². The van der Waals surface area contributed by atoms with E-state index in [1.165, 1.54) is 6.42 Å². The molecule has 0 spiro atoms. The molecule has 1 rings (SSSR count). The minimum absolute atomic E-state index is 0.116. The number of nitriles is 1. The maximum absolute atomic E-state index is 11.8. The summed E-state index contributed by atoms with van der Waals surface area (Å²) in [5.41, 5.74) is 0. The molecule has 14 heavy (non-hydrogen) atoms. The molecule has 80 valence electrons. The van der Waals surface area contributed by atoms with Gasteiger partial charge in [0.15, 0.2) is 9.84 Å². The second kappa shape index (κ2) is 5.35. The molecule has 0 heterocycles. The van der Waals surface area contributed by atoms with E-state index in [2.05, 4.69) is 0 Å². The third kappa shape index (κ3) is 3.30.